The fraction of sp³-hybridized carbons (Fsp3) is 0.368. The van der Waals surface area contributed by atoms with Crippen LogP contribution in [0.2, 0.25) is 0 Å². The van der Waals surface area contributed by atoms with Crippen molar-refractivity contribution >= 4 is 11.6 Å². The summed E-state index contributed by atoms with van der Waals surface area (Å²) in [6.45, 7) is 9.76. The number of aromatic nitrogens is 1. The van der Waals surface area contributed by atoms with E-state index < -0.39 is 0 Å². The van der Waals surface area contributed by atoms with Gasteiger partial charge in [0.25, 0.3) is 5.91 Å². The van der Waals surface area contributed by atoms with Gasteiger partial charge in [-0.3, -0.25) is 4.79 Å². The number of hydrogen-bond acceptors (Lipinski definition) is 3. The fourth-order valence-electron chi connectivity index (χ4n) is 2.54. The Labute approximate surface area is 142 Å². The molecule has 0 saturated heterocycles. The highest BCUT2D eigenvalue weighted by Crippen LogP contribution is 2.25. The van der Waals surface area contributed by atoms with Crippen molar-refractivity contribution in [3.63, 3.8) is 0 Å². The number of anilines is 1. The van der Waals surface area contributed by atoms with Crippen LogP contribution in [0.5, 0.6) is 5.75 Å². The van der Waals surface area contributed by atoms with Crippen LogP contribution in [0.4, 0.5) is 5.69 Å². The molecule has 0 unspecified atom stereocenters. The van der Waals surface area contributed by atoms with Crippen molar-refractivity contribution in [1.82, 2.24) is 0 Å². The number of carbonyl (C=O) groups excluding carboxylic acids is 1. The van der Waals surface area contributed by atoms with Crippen LogP contribution < -0.4 is 14.8 Å². The van der Waals surface area contributed by atoms with E-state index in [0.29, 0.717) is 23.7 Å². The predicted molar refractivity (Wildman–Crippen MR) is 94.5 cm³/mol. The normalized spacial score (nSPS) is 10.5. The molecular weight excluding hydrogens is 304 g/mol. The number of nitrogens with one attached hydrogen (secondary N) is 1. The summed E-state index contributed by atoms with van der Waals surface area (Å²) in [6.07, 6.45) is 0.822. The number of rotatable bonds is 5. The number of ether oxygens (including phenoxy) is 1. The summed E-state index contributed by atoms with van der Waals surface area (Å²) in [5, 5.41) is 15.1. The van der Waals surface area contributed by atoms with E-state index in [4.69, 9.17) is 4.74 Å². The first-order chi connectivity index (χ1) is 11.4. The van der Waals surface area contributed by atoms with Gasteiger partial charge in [-0.05, 0) is 37.5 Å². The lowest BCUT2D eigenvalue weighted by Crippen LogP contribution is -2.37. The molecule has 1 aromatic carbocycles. The largest absolute Gasteiger partial charge is 0.618 e. The zero-order valence-corrected chi connectivity index (χ0v) is 14.9. The Balaban J connectivity index is 2.44. The monoisotopic (exact) mass is 328 g/mol. The van der Waals surface area contributed by atoms with Crippen LogP contribution in [-0.4, -0.2) is 12.5 Å². The van der Waals surface area contributed by atoms with Crippen LogP contribution in [0.15, 0.2) is 24.3 Å². The standard InChI is InChI=1S/C19H24N2O3/c1-6-10-24-17-11-13(3)21(23)15(5)18(17)19(22)20-16-9-7-8-12(2)14(16)4/h7-9,11H,6,10H2,1-5H3,(H,20,22). The maximum atomic E-state index is 12.8. The van der Waals surface area contributed by atoms with Crippen LogP contribution in [0, 0.1) is 32.9 Å². The molecule has 2 aromatic rings. The molecule has 1 aromatic heterocycles. The van der Waals surface area contributed by atoms with Crippen LogP contribution >= 0.6 is 0 Å². The Morgan fingerprint density at radius 1 is 1.25 bits per heavy atom. The van der Waals surface area contributed by atoms with Gasteiger partial charge in [-0.25, -0.2) is 0 Å². The van der Waals surface area contributed by atoms with Crippen molar-refractivity contribution in [3.05, 3.63) is 57.6 Å². The van der Waals surface area contributed by atoms with Gasteiger partial charge in [-0.15, -0.1) is 0 Å². The van der Waals surface area contributed by atoms with E-state index in [-0.39, 0.29) is 11.5 Å². The van der Waals surface area contributed by atoms with E-state index in [1.54, 1.807) is 19.9 Å². The number of hydrogen-bond donors (Lipinski definition) is 1. The number of pyridine rings is 1. The van der Waals surface area contributed by atoms with Gasteiger partial charge >= 0.3 is 0 Å². The van der Waals surface area contributed by atoms with E-state index in [1.165, 1.54) is 0 Å². The third kappa shape index (κ3) is 3.50. The van der Waals surface area contributed by atoms with Gasteiger partial charge in [0.1, 0.15) is 11.3 Å². The van der Waals surface area contributed by atoms with Gasteiger partial charge in [0.05, 0.1) is 6.61 Å². The predicted octanol–water partition coefficient (Wildman–Crippen LogP) is 3.59. The van der Waals surface area contributed by atoms with Crippen molar-refractivity contribution in [2.75, 3.05) is 11.9 Å². The molecule has 5 heteroatoms. The zero-order valence-electron chi connectivity index (χ0n) is 14.9. The highest BCUT2D eigenvalue weighted by molar-refractivity contribution is 6.07. The van der Waals surface area contributed by atoms with E-state index >= 15 is 0 Å². The van der Waals surface area contributed by atoms with E-state index in [2.05, 4.69) is 5.32 Å². The molecule has 2 rings (SSSR count). The fourth-order valence-corrected chi connectivity index (χ4v) is 2.54. The van der Waals surface area contributed by atoms with Crippen molar-refractivity contribution in [2.24, 2.45) is 0 Å². The van der Waals surface area contributed by atoms with E-state index in [1.807, 2.05) is 39.0 Å². The van der Waals surface area contributed by atoms with E-state index in [0.717, 1.165) is 28.0 Å². The highest BCUT2D eigenvalue weighted by atomic mass is 16.5. The van der Waals surface area contributed by atoms with Crippen LogP contribution in [0.1, 0.15) is 46.2 Å². The molecule has 0 radical (unpaired) electrons. The summed E-state index contributed by atoms with van der Waals surface area (Å²) < 4.78 is 6.46. The first-order valence-corrected chi connectivity index (χ1v) is 8.11. The molecule has 0 aliphatic heterocycles. The molecule has 0 atom stereocenters. The number of carbonyl (C=O) groups is 1. The number of amides is 1. The first kappa shape index (κ1) is 17.8. The average Bonchev–Trinajstić information content (AvgIpc) is 2.54. The molecule has 0 aliphatic rings. The third-order valence-corrected chi connectivity index (χ3v) is 4.11. The Hall–Kier alpha value is -2.56. The summed E-state index contributed by atoms with van der Waals surface area (Å²) in [6, 6.07) is 7.35. The maximum absolute atomic E-state index is 12.8. The molecule has 1 amide bonds. The van der Waals surface area contributed by atoms with Gasteiger partial charge in [0.2, 0.25) is 5.69 Å². The van der Waals surface area contributed by atoms with E-state index in [9.17, 15) is 10.0 Å². The molecule has 1 heterocycles. The summed E-state index contributed by atoms with van der Waals surface area (Å²) in [7, 11) is 0. The second-order valence-corrected chi connectivity index (χ2v) is 5.95. The van der Waals surface area contributed by atoms with Crippen LogP contribution in [-0.2, 0) is 0 Å². The topological polar surface area (TPSA) is 65.3 Å². The first-order valence-electron chi connectivity index (χ1n) is 8.11. The molecular formula is C19H24N2O3. The van der Waals surface area contributed by atoms with Gasteiger partial charge in [0.15, 0.2) is 5.69 Å². The Kier molecular flexibility index (Phi) is 5.44. The molecule has 1 N–H and O–H groups in total. The minimum absolute atomic E-state index is 0.282. The van der Waals surface area contributed by atoms with Crippen molar-refractivity contribution < 1.29 is 14.3 Å². The minimum Gasteiger partial charge on any atom is -0.618 e. The summed E-state index contributed by atoms with van der Waals surface area (Å²) in [4.78, 5) is 12.8. The molecule has 0 bridgehead atoms. The molecule has 128 valence electrons. The Bertz CT molecular complexity index is 770. The summed E-state index contributed by atoms with van der Waals surface area (Å²) in [5.41, 5.74) is 3.95. The average molecular weight is 328 g/mol. The Morgan fingerprint density at radius 3 is 2.62 bits per heavy atom. The molecule has 0 fully saturated rings. The van der Waals surface area contributed by atoms with Crippen LogP contribution in [0.25, 0.3) is 0 Å². The lowest BCUT2D eigenvalue weighted by Gasteiger charge is -2.16. The highest BCUT2D eigenvalue weighted by Gasteiger charge is 2.24. The number of benzene rings is 1. The molecule has 0 saturated carbocycles. The minimum atomic E-state index is -0.336. The second-order valence-electron chi connectivity index (χ2n) is 5.95. The van der Waals surface area contributed by atoms with Crippen molar-refractivity contribution in [3.8, 4) is 5.75 Å². The Morgan fingerprint density at radius 2 is 1.96 bits per heavy atom. The van der Waals surface area contributed by atoms with Gasteiger partial charge < -0.3 is 15.3 Å². The third-order valence-electron chi connectivity index (χ3n) is 4.11. The summed E-state index contributed by atoms with van der Waals surface area (Å²) in [5.74, 6) is 0.110. The van der Waals surface area contributed by atoms with Crippen molar-refractivity contribution in [1.29, 1.82) is 0 Å². The molecule has 24 heavy (non-hydrogen) atoms. The lowest BCUT2D eigenvalue weighted by atomic mass is 10.1. The quantitative estimate of drug-likeness (QED) is 0.674. The second kappa shape index (κ2) is 7.34. The van der Waals surface area contributed by atoms with Crippen LogP contribution in [0.3, 0.4) is 0 Å². The van der Waals surface area contributed by atoms with Gasteiger partial charge in [-0.1, -0.05) is 19.1 Å². The number of nitrogens with zero attached hydrogens (tertiary/aromatic N) is 1. The molecule has 0 spiro atoms. The number of aryl methyl sites for hydroxylation is 2. The molecule has 0 aliphatic carbocycles. The smallest absolute Gasteiger partial charge is 0.265 e. The summed E-state index contributed by atoms with van der Waals surface area (Å²) >= 11 is 0. The lowest BCUT2D eigenvalue weighted by molar-refractivity contribution is -0.619. The van der Waals surface area contributed by atoms with Gasteiger partial charge in [0, 0.05) is 25.6 Å². The zero-order chi connectivity index (χ0) is 17.9. The molecule has 5 nitrogen and oxygen atoms in total. The van der Waals surface area contributed by atoms with Gasteiger partial charge in [-0.2, -0.15) is 4.73 Å². The maximum Gasteiger partial charge on any atom is 0.265 e. The van der Waals surface area contributed by atoms with Crippen molar-refractivity contribution in [2.45, 2.75) is 41.0 Å². The SMILES string of the molecule is CCCOc1cc(C)[n+]([O-])c(C)c1C(=O)Nc1cccc(C)c1C.